The van der Waals surface area contributed by atoms with Gasteiger partial charge in [-0.3, -0.25) is 0 Å². The third kappa shape index (κ3) is 1.53. The molecule has 0 unspecified atom stereocenters. The fourth-order valence-corrected chi connectivity index (χ4v) is 2.33. The van der Waals surface area contributed by atoms with Gasteiger partial charge in [0, 0.05) is 9.58 Å². The molecule has 0 saturated heterocycles. The van der Waals surface area contributed by atoms with Crippen molar-refractivity contribution in [2.24, 2.45) is 0 Å². The van der Waals surface area contributed by atoms with Crippen LogP contribution in [0.3, 0.4) is 0 Å². The maximum atomic E-state index is 5.17. The Bertz CT molecular complexity index is 482. The molecule has 0 fully saturated rings. The third-order valence-corrected chi connectivity index (χ3v) is 3.42. The number of allylic oxidation sites excluding steroid dienone is 1. The lowest BCUT2D eigenvalue weighted by Crippen LogP contribution is -1.79. The number of fused-ring (bicyclic) bond motifs is 1. The number of benzene rings is 1. The number of methoxy groups -OCH3 is 1. The topological polar surface area (TPSA) is 9.23 Å². The molecular weight excluding hydrogens is 192 g/mol. The smallest absolute Gasteiger partial charge is 0.119 e. The molecule has 0 amide bonds. The summed E-state index contributed by atoms with van der Waals surface area (Å²) >= 11 is 1.77. The average Bonchev–Trinajstić information content (AvgIpc) is 2.59. The first-order valence-corrected chi connectivity index (χ1v) is 5.26. The molecular formula is C12H12OS. The van der Waals surface area contributed by atoms with Crippen molar-refractivity contribution in [3.8, 4) is 5.75 Å². The molecule has 2 aromatic rings. The molecule has 1 nitrogen and oxygen atoms in total. The summed E-state index contributed by atoms with van der Waals surface area (Å²) < 4.78 is 6.46. The molecule has 2 heteroatoms. The largest absolute Gasteiger partial charge is 0.497 e. The fraction of sp³-hybridized carbons (Fsp3) is 0.167. The Morgan fingerprint density at radius 2 is 2.14 bits per heavy atom. The van der Waals surface area contributed by atoms with E-state index in [0.717, 1.165) is 11.3 Å². The fourth-order valence-electron chi connectivity index (χ4n) is 1.36. The number of thiophene rings is 1. The van der Waals surface area contributed by atoms with E-state index in [2.05, 4.69) is 24.8 Å². The van der Waals surface area contributed by atoms with Crippen molar-refractivity contribution < 1.29 is 4.74 Å². The summed E-state index contributed by atoms with van der Waals surface area (Å²) in [5.41, 5.74) is 1.12. The Kier molecular flexibility index (Phi) is 2.30. The second-order valence-corrected chi connectivity index (χ2v) is 4.38. The summed E-state index contributed by atoms with van der Waals surface area (Å²) in [6.07, 6.45) is 0. The van der Waals surface area contributed by atoms with Gasteiger partial charge in [0.25, 0.3) is 0 Å². The Labute approximate surface area is 87.6 Å². The normalized spacial score (nSPS) is 10.4. The minimum Gasteiger partial charge on any atom is -0.497 e. The van der Waals surface area contributed by atoms with Gasteiger partial charge in [0.1, 0.15) is 5.75 Å². The van der Waals surface area contributed by atoms with Crippen LogP contribution in [0, 0.1) is 0 Å². The van der Waals surface area contributed by atoms with E-state index in [-0.39, 0.29) is 0 Å². The molecule has 2 rings (SSSR count). The van der Waals surface area contributed by atoms with Crippen LogP contribution in [0.1, 0.15) is 11.8 Å². The van der Waals surface area contributed by atoms with Gasteiger partial charge in [-0.05, 0) is 42.1 Å². The van der Waals surface area contributed by atoms with E-state index >= 15 is 0 Å². The van der Waals surface area contributed by atoms with Crippen LogP contribution in [0.25, 0.3) is 15.7 Å². The first kappa shape index (κ1) is 9.28. The molecule has 0 atom stereocenters. The summed E-state index contributed by atoms with van der Waals surface area (Å²) in [6.45, 7) is 5.97. The lowest BCUT2D eigenvalue weighted by Gasteiger charge is -1.97. The van der Waals surface area contributed by atoms with Gasteiger partial charge in [0.15, 0.2) is 0 Å². The summed E-state index contributed by atoms with van der Waals surface area (Å²) in [5, 5.41) is 1.23. The van der Waals surface area contributed by atoms with Crippen LogP contribution in [-0.2, 0) is 0 Å². The van der Waals surface area contributed by atoms with Gasteiger partial charge in [-0.25, -0.2) is 0 Å². The predicted octanol–water partition coefficient (Wildman–Crippen LogP) is 3.94. The highest BCUT2D eigenvalue weighted by molar-refractivity contribution is 7.20. The molecule has 0 aliphatic carbocycles. The summed E-state index contributed by atoms with van der Waals surface area (Å²) in [4.78, 5) is 1.24. The van der Waals surface area contributed by atoms with Crippen LogP contribution >= 0.6 is 11.3 Å². The molecule has 0 bridgehead atoms. The van der Waals surface area contributed by atoms with E-state index in [1.54, 1.807) is 18.4 Å². The monoisotopic (exact) mass is 204 g/mol. The van der Waals surface area contributed by atoms with Crippen LogP contribution in [0.4, 0.5) is 0 Å². The van der Waals surface area contributed by atoms with Crippen molar-refractivity contribution >= 4 is 27.0 Å². The quantitative estimate of drug-likeness (QED) is 0.720. The van der Waals surface area contributed by atoms with Gasteiger partial charge < -0.3 is 4.74 Å². The minimum absolute atomic E-state index is 0.906. The van der Waals surface area contributed by atoms with Gasteiger partial charge in [-0.2, -0.15) is 0 Å². The van der Waals surface area contributed by atoms with Crippen LogP contribution in [0.2, 0.25) is 0 Å². The lowest BCUT2D eigenvalue weighted by molar-refractivity contribution is 0.415. The third-order valence-electron chi connectivity index (χ3n) is 2.14. The zero-order chi connectivity index (χ0) is 10.1. The maximum absolute atomic E-state index is 5.17. The molecule has 0 saturated carbocycles. The first-order chi connectivity index (χ1) is 6.70. The molecule has 0 aliphatic heterocycles. The molecule has 1 aromatic heterocycles. The van der Waals surface area contributed by atoms with Crippen LogP contribution in [-0.4, -0.2) is 7.11 Å². The van der Waals surface area contributed by atoms with Crippen molar-refractivity contribution in [1.82, 2.24) is 0 Å². The highest BCUT2D eigenvalue weighted by atomic mass is 32.1. The second kappa shape index (κ2) is 3.46. The van der Waals surface area contributed by atoms with Gasteiger partial charge in [-0.15, -0.1) is 11.3 Å². The lowest BCUT2D eigenvalue weighted by atomic mass is 10.2. The van der Waals surface area contributed by atoms with Crippen molar-refractivity contribution in [2.45, 2.75) is 6.92 Å². The van der Waals surface area contributed by atoms with Crippen molar-refractivity contribution in [1.29, 1.82) is 0 Å². The Morgan fingerprint density at radius 3 is 2.79 bits per heavy atom. The SMILES string of the molecule is C=C(C)c1cc2cc(OC)ccc2s1. The Morgan fingerprint density at radius 1 is 1.36 bits per heavy atom. The van der Waals surface area contributed by atoms with E-state index in [1.807, 2.05) is 13.0 Å². The molecule has 0 N–H and O–H groups in total. The molecule has 0 radical (unpaired) electrons. The number of rotatable bonds is 2. The molecule has 72 valence electrons. The van der Waals surface area contributed by atoms with E-state index in [0.29, 0.717) is 0 Å². The van der Waals surface area contributed by atoms with Crippen LogP contribution < -0.4 is 4.74 Å². The van der Waals surface area contributed by atoms with Crippen LogP contribution in [0.15, 0.2) is 30.8 Å². The van der Waals surface area contributed by atoms with Gasteiger partial charge in [0.2, 0.25) is 0 Å². The predicted molar refractivity (Wildman–Crippen MR) is 63.1 cm³/mol. The van der Waals surface area contributed by atoms with Crippen LogP contribution in [0.5, 0.6) is 5.75 Å². The zero-order valence-corrected chi connectivity index (χ0v) is 9.15. The highest BCUT2D eigenvalue weighted by Gasteiger charge is 2.02. The number of hydrogen-bond donors (Lipinski definition) is 0. The summed E-state index contributed by atoms with van der Waals surface area (Å²) in [7, 11) is 1.69. The van der Waals surface area contributed by atoms with Gasteiger partial charge in [-0.1, -0.05) is 6.58 Å². The van der Waals surface area contributed by atoms with Gasteiger partial charge in [0.05, 0.1) is 7.11 Å². The van der Waals surface area contributed by atoms with Gasteiger partial charge >= 0.3 is 0 Å². The van der Waals surface area contributed by atoms with Crippen molar-refractivity contribution in [3.63, 3.8) is 0 Å². The number of ether oxygens (including phenoxy) is 1. The standard InChI is InChI=1S/C12H12OS/c1-8(2)12-7-9-6-10(13-3)4-5-11(9)14-12/h4-7H,1H2,2-3H3. The second-order valence-electron chi connectivity index (χ2n) is 3.29. The van der Waals surface area contributed by atoms with Crippen molar-refractivity contribution in [2.75, 3.05) is 7.11 Å². The molecule has 1 aromatic carbocycles. The Balaban J connectivity index is 2.60. The molecule has 14 heavy (non-hydrogen) atoms. The van der Waals surface area contributed by atoms with E-state index in [9.17, 15) is 0 Å². The van der Waals surface area contributed by atoms with Crippen molar-refractivity contribution in [3.05, 3.63) is 35.7 Å². The molecule has 0 aliphatic rings. The maximum Gasteiger partial charge on any atom is 0.119 e. The summed E-state index contributed by atoms with van der Waals surface area (Å²) in [6, 6.07) is 8.29. The first-order valence-electron chi connectivity index (χ1n) is 4.44. The summed E-state index contributed by atoms with van der Waals surface area (Å²) in [5.74, 6) is 0.906. The average molecular weight is 204 g/mol. The molecule has 1 heterocycles. The van der Waals surface area contributed by atoms with E-state index in [4.69, 9.17) is 4.74 Å². The minimum atomic E-state index is 0.906. The molecule has 0 spiro atoms. The van der Waals surface area contributed by atoms with E-state index in [1.165, 1.54) is 15.0 Å². The zero-order valence-electron chi connectivity index (χ0n) is 8.33. The van der Waals surface area contributed by atoms with E-state index < -0.39 is 0 Å². The Hall–Kier alpha value is -1.28. The highest BCUT2D eigenvalue weighted by Crippen LogP contribution is 2.31. The number of hydrogen-bond acceptors (Lipinski definition) is 2.